The van der Waals surface area contributed by atoms with Crippen molar-refractivity contribution in [2.24, 2.45) is 0 Å². The highest BCUT2D eigenvalue weighted by molar-refractivity contribution is 7.98. The van der Waals surface area contributed by atoms with E-state index in [1.165, 1.54) is 7.11 Å². The Balaban J connectivity index is 1.50. The fourth-order valence-corrected chi connectivity index (χ4v) is 4.50. The largest absolute Gasteiger partial charge is 0.493 e. The number of anilines is 1. The summed E-state index contributed by atoms with van der Waals surface area (Å²) in [5.74, 6) is 2.58. The van der Waals surface area contributed by atoms with Gasteiger partial charge < -0.3 is 20.1 Å². The van der Waals surface area contributed by atoms with Gasteiger partial charge in [0.2, 0.25) is 5.91 Å². The molecule has 3 aromatic rings. The lowest BCUT2D eigenvalue weighted by Gasteiger charge is -2.13. The van der Waals surface area contributed by atoms with Gasteiger partial charge in [-0.25, -0.2) is 4.68 Å². The maximum absolute atomic E-state index is 13.0. The molecule has 166 valence electrons. The van der Waals surface area contributed by atoms with Crippen molar-refractivity contribution in [2.75, 3.05) is 19.5 Å². The highest BCUT2D eigenvalue weighted by Crippen LogP contribution is 2.35. The molecule has 0 aliphatic carbocycles. The van der Waals surface area contributed by atoms with E-state index in [1.807, 2.05) is 30.3 Å². The first-order chi connectivity index (χ1) is 15.6. The lowest BCUT2D eigenvalue weighted by atomic mass is 10.2. The van der Waals surface area contributed by atoms with Gasteiger partial charge >= 0.3 is 0 Å². The number of methoxy groups -OCH3 is 2. The van der Waals surface area contributed by atoms with Crippen LogP contribution >= 0.6 is 11.8 Å². The Morgan fingerprint density at radius 3 is 2.59 bits per heavy atom. The standard InChI is InChI=1S/C23H24N4O4S/c1-30-19-9-8-16(10-20(19)31-2)23(29)25-22-17-13-32-14-18(17)26-27(22)12-21(28)24-11-15-6-4-3-5-7-15/h3-10H,11-14H2,1-2H3,(H,24,28)(H,25,29). The number of benzene rings is 2. The van der Waals surface area contributed by atoms with Crippen LogP contribution in [0.2, 0.25) is 0 Å². The number of thioether (sulfide) groups is 1. The zero-order valence-electron chi connectivity index (χ0n) is 17.9. The second-order valence-electron chi connectivity index (χ2n) is 7.21. The van der Waals surface area contributed by atoms with Crippen molar-refractivity contribution < 1.29 is 19.1 Å². The molecule has 2 heterocycles. The van der Waals surface area contributed by atoms with Gasteiger partial charge in [-0.15, -0.1) is 0 Å². The number of hydrogen-bond donors (Lipinski definition) is 2. The monoisotopic (exact) mass is 452 g/mol. The van der Waals surface area contributed by atoms with E-state index in [-0.39, 0.29) is 18.4 Å². The van der Waals surface area contributed by atoms with Crippen LogP contribution in [-0.2, 0) is 29.4 Å². The molecule has 0 unspecified atom stereocenters. The average Bonchev–Trinajstić information content (AvgIpc) is 3.40. The second-order valence-corrected chi connectivity index (χ2v) is 8.20. The van der Waals surface area contributed by atoms with Crippen LogP contribution in [0.25, 0.3) is 0 Å². The molecule has 8 nitrogen and oxygen atoms in total. The molecule has 1 aliphatic rings. The maximum Gasteiger partial charge on any atom is 0.256 e. The number of aromatic nitrogens is 2. The molecule has 9 heteroatoms. The summed E-state index contributed by atoms with van der Waals surface area (Å²) in [6, 6.07) is 14.7. The van der Waals surface area contributed by atoms with Gasteiger partial charge in [-0.1, -0.05) is 30.3 Å². The Morgan fingerprint density at radius 1 is 1.06 bits per heavy atom. The molecule has 0 fully saturated rings. The molecule has 32 heavy (non-hydrogen) atoms. The molecule has 0 radical (unpaired) electrons. The fourth-order valence-electron chi connectivity index (χ4n) is 3.47. The minimum absolute atomic E-state index is 0.0199. The number of rotatable bonds is 8. The summed E-state index contributed by atoms with van der Waals surface area (Å²) in [7, 11) is 3.06. The molecule has 0 saturated carbocycles. The zero-order valence-corrected chi connectivity index (χ0v) is 18.7. The predicted octanol–water partition coefficient (Wildman–Crippen LogP) is 3.22. The van der Waals surface area contributed by atoms with Gasteiger partial charge in [0.25, 0.3) is 5.91 Å². The number of amides is 2. The first-order valence-corrected chi connectivity index (χ1v) is 11.2. The molecule has 2 aromatic carbocycles. The number of carbonyl (C=O) groups is 2. The van der Waals surface area contributed by atoms with Crippen molar-refractivity contribution in [3.05, 3.63) is 70.9 Å². The smallest absolute Gasteiger partial charge is 0.256 e. The van der Waals surface area contributed by atoms with Crippen molar-refractivity contribution >= 4 is 29.4 Å². The number of nitrogens with zero attached hydrogens (tertiary/aromatic N) is 2. The van der Waals surface area contributed by atoms with Gasteiger partial charge in [-0.2, -0.15) is 16.9 Å². The summed E-state index contributed by atoms with van der Waals surface area (Å²) in [5, 5.41) is 10.4. The highest BCUT2D eigenvalue weighted by atomic mass is 32.2. The Kier molecular flexibility index (Phi) is 6.65. The van der Waals surface area contributed by atoms with E-state index in [9.17, 15) is 9.59 Å². The maximum atomic E-state index is 13.0. The summed E-state index contributed by atoms with van der Waals surface area (Å²) in [6.45, 7) is 0.454. The normalized spacial score (nSPS) is 12.2. The van der Waals surface area contributed by atoms with Crippen LogP contribution in [0.3, 0.4) is 0 Å². The van der Waals surface area contributed by atoms with E-state index < -0.39 is 0 Å². The minimum atomic E-state index is -0.309. The van der Waals surface area contributed by atoms with Crippen LogP contribution in [0.15, 0.2) is 48.5 Å². The van der Waals surface area contributed by atoms with Crippen LogP contribution in [0.4, 0.5) is 5.82 Å². The first kappa shape index (κ1) is 21.8. The van der Waals surface area contributed by atoms with Crippen LogP contribution in [-0.4, -0.2) is 35.8 Å². The van der Waals surface area contributed by atoms with Crippen LogP contribution < -0.4 is 20.1 Å². The average molecular weight is 453 g/mol. The minimum Gasteiger partial charge on any atom is -0.493 e. The predicted molar refractivity (Wildman–Crippen MR) is 123 cm³/mol. The Hall–Kier alpha value is -3.46. The van der Waals surface area contributed by atoms with Crippen LogP contribution in [0.5, 0.6) is 11.5 Å². The molecule has 0 spiro atoms. The molecular weight excluding hydrogens is 428 g/mol. The van der Waals surface area contributed by atoms with Crippen molar-refractivity contribution in [3.8, 4) is 11.5 Å². The number of hydrogen-bond acceptors (Lipinski definition) is 6. The third-order valence-corrected chi connectivity index (χ3v) is 6.09. The molecule has 2 N–H and O–H groups in total. The van der Waals surface area contributed by atoms with Crippen LogP contribution in [0, 0.1) is 0 Å². The van der Waals surface area contributed by atoms with E-state index in [2.05, 4.69) is 15.7 Å². The van der Waals surface area contributed by atoms with Crippen molar-refractivity contribution in [2.45, 2.75) is 24.6 Å². The van der Waals surface area contributed by atoms with Crippen molar-refractivity contribution in [1.82, 2.24) is 15.1 Å². The van der Waals surface area contributed by atoms with E-state index in [0.717, 1.165) is 28.3 Å². The van der Waals surface area contributed by atoms with Gasteiger partial charge in [-0.05, 0) is 23.8 Å². The van der Waals surface area contributed by atoms with Gasteiger partial charge in [0.15, 0.2) is 11.5 Å². The molecule has 0 bridgehead atoms. The summed E-state index contributed by atoms with van der Waals surface area (Å²) in [6.07, 6.45) is 0. The lowest BCUT2D eigenvalue weighted by molar-refractivity contribution is -0.122. The summed E-state index contributed by atoms with van der Waals surface area (Å²) in [4.78, 5) is 25.5. The highest BCUT2D eigenvalue weighted by Gasteiger charge is 2.25. The van der Waals surface area contributed by atoms with E-state index in [1.54, 1.807) is 41.8 Å². The number of carbonyl (C=O) groups excluding carboxylic acids is 2. The molecule has 1 aliphatic heterocycles. The van der Waals surface area contributed by atoms with E-state index >= 15 is 0 Å². The molecule has 4 rings (SSSR count). The molecule has 0 saturated heterocycles. The number of ether oxygens (including phenoxy) is 2. The van der Waals surface area contributed by atoms with E-state index in [4.69, 9.17) is 9.47 Å². The van der Waals surface area contributed by atoms with Gasteiger partial charge in [0, 0.05) is 29.2 Å². The molecule has 1 aromatic heterocycles. The Bertz CT molecular complexity index is 1130. The van der Waals surface area contributed by atoms with Gasteiger partial charge in [0.05, 0.1) is 19.9 Å². The Morgan fingerprint density at radius 2 is 1.84 bits per heavy atom. The fraction of sp³-hybridized carbons (Fsp3) is 0.261. The molecule has 2 amide bonds. The van der Waals surface area contributed by atoms with E-state index in [0.29, 0.717) is 29.4 Å². The first-order valence-electron chi connectivity index (χ1n) is 10.1. The zero-order chi connectivity index (χ0) is 22.5. The Labute approximate surface area is 190 Å². The van der Waals surface area contributed by atoms with Crippen molar-refractivity contribution in [3.63, 3.8) is 0 Å². The van der Waals surface area contributed by atoms with Gasteiger partial charge in [0.1, 0.15) is 12.4 Å². The summed E-state index contributed by atoms with van der Waals surface area (Å²) < 4.78 is 12.1. The second kappa shape index (κ2) is 9.78. The van der Waals surface area contributed by atoms with Crippen molar-refractivity contribution in [1.29, 1.82) is 0 Å². The third-order valence-electron chi connectivity index (χ3n) is 5.12. The SMILES string of the molecule is COc1ccc(C(=O)Nc2c3c(nn2CC(=O)NCc2ccccc2)CSC3)cc1OC. The summed E-state index contributed by atoms with van der Waals surface area (Å²) in [5.41, 5.74) is 3.29. The number of nitrogens with one attached hydrogen (secondary N) is 2. The number of fused-ring (bicyclic) bond motifs is 1. The molecular formula is C23H24N4O4S. The third kappa shape index (κ3) is 4.72. The molecule has 0 atom stereocenters. The topological polar surface area (TPSA) is 94.5 Å². The quantitative estimate of drug-likeness (QED) is 0.545. The van der Waals surface area contributed by atoms with Crippen LogP contribution in [0.1, 0.15) is 27.2 Å². The summed E-state index contributed by atoms with van der Waals surface area (Å²) >= 11 is 1.73. The lowest BCUT2D eigenvalue weighted by Crippen LogP contribution is -2.28. The van der Waals surface area contributed by atoms with Gasteiger partial charge in [-0.3, -0.25) is 9.59 Å².